The highest BCUT2D eigenvalue weighted by Gasteiger charge is 2.09. The first-order chi connectivity index (χ1) is 11.9. The van der Waals surface area contributed by atoms with Gasteiger partial charge in [0.2, 0.25) is 11.8 Å². The molecule has 0 aliphatic heterocycles. The zero-order chi connectivity index (χ0) is 18.4. The van der Waals surface area contributed by atoms with Crippen LogP contribution in [0.4, 0.5) is 11.4 Å². The van der Waals surface area contributed by atoms with Crippen molar-refractivity contribution in [2.45, 2.75) is 6.92 Å². The molecule has 2 rings (SSSR count). The van der Waals surface area contributed by atoms with Gasteiger partial charge in [0.15, 0.2) is 0 Å². The number of benzene rings is 2. The molecule has 8 heteroatoms. The summed E-state index contributed by atoms with van der Waals surface area (Å²) in [6, 6.07) is 10.2. The summed E-state index contributed by atoms with van der Waals surface area (Å²) in [4.78, 5) is 23.7. The average molecular weight is 401 g/mol. The van der Waals surface area contributed by atoms with Crippen LogP contribution in [0.1, 0.15) is 5.56 Å². The molecule has 25 heavy (non-hydrogen) atoms. The monoisotopic (exact) mass is 399 g/mol. The van der Waals surface area contributed by atoms with Gasteiger partial charge in [-0.05, 0) is 42.8 Å². The van der Waals surface area contributed by atoms with Gasteiger partial charge in [-0.3, -0.25) is 9.59 Å². The molecular formula is C17H16Cl3N3O2. The number of hydrogen-bond donors (Lipinski definition) is 3. The van der Waals surface area contributed by atoms with E-state index < -0.39 is 0 Å². The summed E-state index contributed by atoms with van der Waals surface area (Å²) in [5, 5.41) is 9.52. The number of hydrogen-bond acceptors (Lipinski definition) is 3. The Hall–Kier alpha value is -1.95. The first-order valence-electron chi connectivity index (χ1n) is 7.37. The molecule has 5 nitrogen and oxygen atoms in total. The van der Waals surface area contributed by atoms with Crippen LogP contribution in [0.2, 0.25) is 15.1 Å². The molecule has 0 heterocycles. The Morgan fingerprint density at radius 3 is 2.40 bits per heavy atom. The molecule has 0 unspecified atom stereocenters. The van der Waals surface area contributed by atoms with Crippen molar-refractivity contribution in [1.82, 2.24) is 5.32 Å². The molecule has 0 aliphatic rings. The van der Waals surface area contributed by atoms with Gasteiger partial charge in [-0.25, -0.2) is 0 Å². The van der Waals surface area contributed by atoms with Crippen LogP contribution in [0.5, 0.6) is 0 Å². The van der Waals surface area contributed by atoms with Crippen LogP contribution < -0.4 is 16.0 Å². The van der Waals surface area contributed by atoms with Crippen molar-refractivity contribution in [1.29, 1.82) is 0 Å². The smallest absolute Gasteiger partial charge is 0.243 e. The van der Waals surface area contributed by atoms with Crippen LogP contribution in [0.25, 0.3) is 0 Å². The quantitative estimate of drug-likeness (QED) is 0.683. The minimum atomic E-state index is -0.340. The molecule has 0 atom stereocenters. The maximum Gasteiger partial charge on any atom is 0.243 e. The summed E-state index contributed by atoms with van der Waals surface area (Å²) in [7, 11) is 0. The van der Waals surface area contributed by atoms with E-state index in [0.717, 1.165) is 5.56 Å². The highest BCUT2D eigenvalue weighted by atomic mass is 35.5. The van der Waals surface area contributed by atoms with Crippen molar-refractivity contribution in [2.75, 3.05) is 23.7 Å². The third-order valence-electron chi connectivity index (χ3n) is 3.36. The van der Waals surface area contributed by atoms with E-state index in [2.05, 4.69) is 16.0 Å². The van der Waals surface area contributed by atoms with E-state index in [1.54, 1.807) is 43.3 Å². The number of anilines is 2. The maximum atomic E-state index is 11.9. The topological polar surface area (TPSA) is 70.2 Å². The summed E-state index contributed by atoms with van der Waals surface area (Å²) >= 11 is 17.7. The third-order valence-corrected chi connectivity index (χ3v) is 4.51. The molecule has 0 radical (unpaired) electrons. The number of rotatable bonds is 6. The van der Waals surface area contributed by atoms with Gasteiger partial charge >= 0.3 is 0 Å². The van der Waals surface area contributed by atoms with Gasteiger partial charge in [0.1, 0.15) is 0 Å². The third kappa shape index (κ3) is 5.81. The van der Waals surface area contributed by atoms with E-state index in [-0.39, 0.29) is 24.9 Å². The van der Waals surface area contributed by atoms with E-state index in [1.807, 2.05) is 0 Å². The molecule has 0 saturated heterocycles. The fourth-order valence-electron chi connectivity index (χ4n) is 1.97. The molecule has 2 amide bonds. The predicted octanol–water partition coefficient (Wildman–Crippen LogP) is 4.12. The van der Waals surface area contributed by atoms with Crippen molar-refractivity contribution in [2.24, 2.45) is 0 Å². The first-order valence-corrected chi connectivity index (χ1v) is 8.51. The first kappa shape index (κ1) is 19.4. The van der Waals surface area contributed by atoms with E-state index in [4.69, 9.17) is 34.8 Å². The van der Waals surface area contributed by atoms with Gasteiger partial charge in [-0.1, -0.05) is 40.9 Å². The molecule has 0 bridgehead atoms. The second-order valence-electron chi connectivity index (χ2n) is 5.22. The van der Waals surface area contributed by atoms with E-state index in [9.17, 15) is 9.59 Å². The van der Waals surface area contributed by atoms with Crippen LogP contribution in [0.3, 0.4) is 0 Å². The number of carbonyl (C=O) groups is 2. The number of halogens is 3. The van der Waals surface area contributed by atoms with Gasteiger partial charge in [0, 0.05) is 16.4 Å². The van der Waals surface area contributed by atoms with Crippen molar-refractivity contribution in [3.05, 3.63) is 57.0 Å². The van der Waals surface area contributed by atoms with Crippen LogP contribution in [0.15, 0.2) is 36.4 Å². The van der Waals surface area contributed by atoms with Crippen molar-refractivity contribution < 1.29 is 9.59 Å². The second-order valence-corrected chi connectivity index (χ2v) is 6.44. The lowest BCUT2D eigenvalue weighted by Crippen LogP contribution is -2.36. The molecule has 0 spiro atoms. The molecule has 0 saturated carbocycles. The summed E-state index contributed by atoms with van der Waals surface area (Å²) in [6.07, 6.45) is 0. The van der Waals surface area contributed by atoms with Gasteiger partial charge in [0.25, 0.3) is 0 Å². The Bertz CT molecular complexity index is 797. The maximum absolute atomic E-state index is 11.9. The largest absolute Gasteiger partial charge is 0.376 e. The number of amides is 2. The van der Waals surface area contributed by atoms with Gasteiger partial charge in [-0.2, -0.15) is 0 Å². The summed E-state index contributed by atoms with van der Waals surface area (Å²) < 4.78 is 0. The van der Waals surface area contributed by atoms with Crippen LogP contribution in [0, 0.1) is 6.92 Å². The fourth-order valence-corrected chi connectivity index (χ4v) is 2.44. The van der Waals surface area contributed by atoms with Crippen molar-refractivity contribution in [3.63, 3.8) is 0 Å². The normalized spacial score (nSPS) is 10.2. The zero-order valence-corrected chi connectivity index (χ0v) is 15.6. The molecule has 2 aromatic carbocycles. The zero-order valence-electron chi connectivity index (χ0n) is 13.3. The Morgan fingerprint density at radius 2 is 1.68 bits per heavy atom. The summed E-state index contributed by atoms with van der Waals surface area (Å²) in [6.45, 7) is 1.66. The Labute approximate surface area is 160 Å². The van der Waals surface area contributed by atoms with Crippen LogP contribution >= 0.6 is 34.8 Å². The standard InChI is InChI=1S/C17H16Cl3N3O2/c1-10-12(18)3-2-4-15(10)23-17(25)9-22-16(24)8-21-11-5-6-13(19)14(20)7-11/h2-7,21H,8-9H2,1H3,(H,22,24)(H,23,25). The number of nitrogens with one attached hydrogen (secondary N) is 3. The highest BCUT2D eigenvalue weighted by molar-refractivity contribution is 6.42. The number of carbonyl (C=O) groups excluding carboxylic acids is 2. The van der Waals surface area contributed by atoms with Crippen LogP contribution in [-0.2, 0) is 9.59 Å². The Morgan fingerprint density at radius 1 is 0.920 bits per heavy atom. The minimum absolute atomic E-state index is 0.00142. The van der Waals surface area contributed by atoms with E-state index >= 15 is 0 Å². The molecule has 2 aromatic rings. The lowest BCUT2D eigenvalue weighted by atomic mass is 10.2. The molecular weight excluding hydrogens is 385 g/mol. The van der Waals surface area contributed by atoms with Gasteiger partial charge < -0.3 is 16.0 Å². The van der Waals surface area contributed by atoms with Crippen molar-refractivity contribution in [3.8, 4) is 0 Å². The van der Waals surface area contributed by atoms with Gasteiger partial charge in [-0.15, -0.1) is 0 Å². The Kier molecular flexibility index (Phi) is 6.93. The lowest BCUT2D eigenvalue weighted by Gasteiger charge is -2.11. The minimum Gasteiger partial charge on any atom is -0.376 e. The molecule has 0 fully saturated rings. The SMILES string of the molecule is Cc1c(Cl)cccc1NC(=O)CNC(=O)CNc1ccc(Cl)c(Cl)c1. The van der Waals surface area contributed by atoms with Gasteiger partial charge in [0.05, 0.1) is 23.1 Å². The molecule has 3 N–H and O–H groups in total. The van der Waals surface area contributed by atoms with Crippen molar-refractivity contribution >= 4 is 58.0 Å². The highest BCUT2D eigenvalue weighted by Crippen LogP contribution is 2.25. The Balaban J connectivity index is 1.78. The second kappa shape index (κ2) is 8.94. The fraction of sp³-hybridized carbons (Fsp3) is 0.176. The summed E-state index contributed by atoms with van der Waals surface area (Å²) in [5.74, 6) is -0.669. The van der Waals surface area contributed by atoms with E-state index in [1.165, 1.54) is 0 Å². The average Bonchev–Trinajstić information content (AvgIpc) is 2.58. The summed E-state index contributed by atoms with van der Waals surface area (Å²) in [5.41, 5.74) is 2.04. The molecule has 132 valence electrons. The van der Waals surface area contributed by atoms with Crippen LogP contribution in [-0.4, -0.2) is 24.9 Å². The lowest BCUT2D eigenvalue weighted by molar-refractivity contribution is -0.122. The van der Waals surface area contributed by atoms with E-state index in [0.29, 0.717) is 26.4 Å². The predicted molar refractivity (Wildman–Crippen MR) is 103 cm³/mol. The molecule has 0 aromatic heterocycles. The molecule has 0 aliphatic carbocycles.